The number of hydrogen-bond donors (Lipinski definition) is 0. The van der Waals surface area contributed by atoms with Crippen LogP contribution in [0, 0.1) is 11.8 Å². The topological polar surface area (TPSA) is 35.5 Å². The summed E-state index contributed by atoms with van der Waals surface area (Å²) in [6.45, 7) is 10.3. The normalized spacial score (nSPS) is 13.2. The second-order valence-corrected chi connectivity index (χ2v) is 22.8. The minimum absolute atomic E-state index is 0.507. The van der Waals surface area contributed by atoms with Crippen LogP contribution in [0.2, 0.25) is 0 Å². The van der Waals surface area contributed by atoms with Crippen LogP contribution in [0.3, 0.4) is 0 Å². The van der Waals surface area contributed by atoms with Crippen molar-refractivity contribution >= 4 is 11.4 Å². The van der Waals surface area contributed by atoms with E-state index in [-0.39, 0.29) is 0 Å². The summed E-state index contributed by atoms with van der Waals surface area (Å²) < 4.78 is 24.3. The minimum Gasteiger partial charge on any atom is -0.268 e. The van der Waals surface area contributed by atoms with Gasteiger partial charge in [-0.2, -0.15) is 4.21 Å². The van der Waals surface area contributed by atoms with Crippen molar-refractivity contribution in [3.8, 4) is 0 Å². The lowest BCUT2D eigenvalue weighted by molar-refractivity contribution is 0.179. The predicted molar refractivity (Wildman–Crippen MR) is 299 cm³/mol. The number of hydrogen-bond acceptors (Lipinski definition) is 3. The average Bonchev–Trinajstić information content (AvgIpc) is 3.32. The standard InChI is InChI=1S/C62H126O3S/c1-5-9-11-13-15-17-19-21-23-25-27-29-31-33-35-37-39-41-43-45-47-49-51-53-57-61(55-7-3)59-64-66(63)65-60-62(56-8-4)58-54-52-50-48-46-44-42-40-38-36-34-32-30-28-26-24-22-20-18-16-14-12-10-6-2/h61-62H,5-60H2,1-4H3. The lowest BCUT2D eigenvalue weighted by atomic mass is 9.96. The summed E-state index contributed by atoms with van der Waals surface area (Å²) in [6.07, 6.45) is 75.9. The van der Waals surface area contributed by atoms with E-state index in [9.17, 15) is 4.21 Å². The van der Waals surface area contributed by atoms with Crippen LogP contribution in [0.15, 0.2) is 0 Å². The zero-order chi connectivity index (χ0) is 47.7. The van der Waals surface area contributed by atoms with Crippen molar-refractivity contribution in [2.75, 3.05) is 13.2 Å². The lowest BCUT2D eigenvalue weighted by Gasteiger charge is -2.17. The largest absolute Gasteiger partial charge is 0.304 e. The van der Waals surface area contributed by atoms with Gasteiger partial charge in [-0.1, -0.05) is 349 Å². The van der Waals surface area contributed by atoms with Crippen molar-refractivity contribution in [2.45, 2.75) is 374 Å². The molecule has 0 amide bonds. The maximum Gasteiger partial charge on any atom is 0.304 e. The first-order valence-corrected chi connectivity index (χ1v) is 32.4. The third-order valence-electron chi connectivity index (χ3n) is 15.1. The van der Waals surface area contributed by atoms with Crippen molar-refractivity contribution in [1.82, 2.24) is 0 Å². The SMILES string of the molecule is CCCCCCCCCCCCCCCCCCCCCCCCCCC(CCC)COS(=O)OCC(CCC)CCCCCCCCCCCCCCCCCCCCCCCCCC. The average molecular weight is 952 g/mol. The Morgan fingerprint density at radius 2 is 0.394 bits per heavy atom. The van der Waals surface area contributed by atoms with Crippen molar-refractivity contribution in [3.05, 3.63) is 0 Å². The molecule has 0 aromatic carbocycles. The highest BCUT2D eigenvalue weighted by Crippen LogP contribution is 2.22. The molecule has 0 N–H and O–H groups in total. The second-order valence-electron chi connectivity index (χ2n) is 21.9. The molecule has 0 fully saturated rings. The van der Waals surface area contributed by atoms with E-state index in [1.165, 1.54) is 334 Å². The molecule has 2 unspecified atom stereocenters. The molecule has 0 saturated heterocycles. The van der Waals surface area contributed by atoms with Gasteiger partial charge in [-0.25, -0.2) is 0 Å². The molecule has 0 bridgehead atoms. The van der Waals surface area contributed by atoms with E-state index in [0.29, 0.717) is 25.0 Å². The van der Waals surface area contributed by atoms with Crippen LogP contribution < -0.4 is 0 Å². The van der Waals surface area contributed by atoms with Gasteiger partial charge in [-0.15, -0.1) is 0 Å². The first-order chi connectivity index (χ1) is 32.7. The van der Waals surface area contributed by atoms with Crippen molar-refractivity contribution in [1.29, 1.82) is 0 Å². The van der Waals surface area contributed by atoms with Gasteiger partial charge in [0.1, 0.15) is 0 Å². The van der Waals surface area contributed by atoms with Crippen LogP contribution >= 0.6 is 0 Å². The van der Waals surface area contributed by atoms with E-state index in [4.69, 9.17) is 8.37 Å². The van der Waals surface area contributed by atoms with Crippen LogP contribution in [-0.2, 0) is 19.7 Å². The van der Waals surface area contributed by atoms with Crippen LogP contribution in [0.5, 0.6) is 0 Å². The van der Waals surface area contributed by atoms with Crippen molar-refractivity contribution in [2.24, 2.45) is 11.8 Å². The van der Waals surface area contributed by atoms with Gasteiger partial charge in [0.2, 0.25) is 0 Å². The van der Waals surface area contributed by atoms with Gasteiger partial charge in [0.05, 0.1) is 13.2 Å². The summed E-state index contributed by atoms with van der Waals surface area (Å²) in [7, 11) is 0. The van der Waals surface area contributed by atoms with Crippen molar-refractivity contribution in [3.63, 3.8) is 0 Å². The predicted octanol–water partition coefficient (Wildman–Crippen LogP) is 23.0. The van der Waals surface area contributed by atoms with Gasteiger partial charge in [-0.05, 0) is 37.5 Å². The molecule has 2 atom stereocenters. The summed E-state index contributed by atoms with van der Waals surface area (Å²) in [5.74, 6) is 1.01. The molecular formula is C62H126O3S. The van der Waals surface area contributed by atoms with Gasteiger partial charge in [-0.3, -0.25) is 8.37 Å². The molecule has 0 aliphatic carbocycles. The molecule has 0 saturated carbocycles. The molecule has 0 radical (unpaired) electrons. The Kier molecular flexibility index (Phi) is 59.4. The molecular weight excluding hydrogens is 825 g/mol. The fraction of sp³-hybridized carbons (Fsp3) is 1.00. The van der Waals surface area contributed by atoms with Gasteiger partial charge >= 0.3 is 11.4 Å². The van der Waals surface area contributed by atoms with E-state index in [0.717, 1.165) is 12.8 Å². The Balaban J connectivity index is 3.61. The molecule has 0 spiro atoms. The highest BCUT2D eigenvalue weighted by atomic mass is 32.2. The first kappa shape index (κ1) is 66.1. The summed E-state index contributed by atoms with van der Waals surface area (Å²) in [6, 6.07) is 0. The molecule has 0 aromatic heterocycles. The van der Waals surface area contributed by atoms with Gasteiger partial charge in [0, 0.05) is 0 Å². The maximum absolute atomic E-state index is 12.7. The molecule has 3 nitrogen and oxygen atoms in total. The van der Waals surface area contributed by atoms with E-state index in [1.807, 2.05) is 0 Å². The third-order valence-corrected chi connectivity index (χ3v) is 15.8. The van der Waals surface area contributed by atoms with Crippen LogP contribution in [0.1, 0.15) is 374 Å². The van der Waals surface area contributed by atoms with Gasteiger partial charge in [0.15, 0.2) is 0 Å². The van der Waals surface area contributed by atoms with Crippen molar-refractivity contribution < 1.29 is 12.6 Å². The smallest absolute Gasteiger partial charge is 0.268 e. The van der Waals surface area contributed by atoms with E-state index >= 15 is 0 Å². The molecule has 0 heterocycles. The van der Waals surface area contributed by atoms with Crippen LogP contribution in [0.25, 0.3) is 0 Å². The summed E-state index contributed by atoms with van der Waals surface area (Å²) in [4.78, 5) is 0. The fourth-order valence-electron chi connectivity index (χ4n) is 10.6. The lowest BCUT2D eigenvalue weighted by Crippen LogP contribution is -2.16. The summed E-state index contributed by atoms with van der Waals surface area (Å²) >= 11 is -1.61. The zero-order valence-electron chi connectivity index (χ0n) is 46.4. The zero-order valence-corrected chi connectivity index (χ0v) is 47.2. The Bertz CT molecular complexity index is 811. The third kappa shape index (κ3) is 55.0. The molecule has 0 aliphatic rings. The van der Waals surface area contributed by atoms with Gasteiger partial charge in [0.25, 0.3) is 0 Å². The monoisotopic (exact) mass is 951 g/mol. The number of rotatable bonds is 60. The molecule has 0 aromatic rings. The molecule has 4 heteroatoms. The summed E-state index contributed by atoms with van der Waals surface area (Å²) in [5.41, 5.74) is 0. The molecule has 0 rings (SSSR count). The maximum atomic E-state index is 12.7. The van der Waals surface area contributed by atoms with E-state index in [1.54, 1.807) is 0 Å². The van der Waals surface area contributed by atoms with Crippen LogP contribution in [0.4, 0.5) is 0 Å². The minimum atomic E-state index is -1.61. The Morgan fingerprint density at radius 1 is 0.227 bits per heavy atom. The van der Waals surface area contributed by atoms with E-state index < -0.39 is 11.4 Å². The Morgan fingerprint density at radius 3 is 0.561 bits per heavy atom. The summed E-state index contributed by atoms with van der Waals surface area (Å²) in [5, 5.41) is 0. The first-order valence-electron chi connectivity index (χ1n) is 31.4. The highest BCUT2D eigenvalue weighted by molar-refractivity contribution is 7.75. The van der Waals surface area contributed by atoms with Crippen LogP contribution in [-0.4, -0.2) is 17.4 Å². The van der Waals surface area contributed by atoms with Gasteiger partial charge < -0.3 is 0 Å². The Labute approximate surface area is 421 Å². The quantitative estimate of drug-likeness (QED) is 0.0570. The fourth-order valence-corrected chi connectivity index (χ4v) is 11.2. The molecule has 0 aliphatic heterocycles. The molecule has 66 heavy (non-hydrogen) atoms. The molecule has 398 valence electrons. The number of unbranched alkanes of at least 4 members (excludes halogenated alkanes) is 46. The Hall–Kier alpha value is 0.0700. The second kappa shape index (κ2) is 59.4. The van der Waals surface area contributed by atoms with E-state index in [2.05, 4.69) is 27.7 Å². The highest BCUT2D eigenvalue weighted by Gasteiger charge is 2.14.